The molecule has 8 aromatic rings. The topological polar surface area (TPSA) is 3.24 Å². The van der Waals surface area contributed by atoms with E-state index in [4.69, 9.17) is 0 Å². The number of para-hydroxylation sites is 1. The first-order valence-corrected chi connectivity index (χ1v) is 15.3. The molecule has 0 atom stereocenters. The zero-order valence-corrected chi connectivity index (χ0v) is 23.6. The van der Waals surface area contributed by atoms with Crippen molar-refractivity contribution in [3.8, 4) is 0 Å². The summed E-state index contributed by atoms with van der Waals surface area (Å²) in [5, 5.41) is 13.3. The van der Waals surface area contributed by atoms with Gasteiger partial charge in [-0.1, -0.05) is 109 Å². The predicted octanol–water partition coefficient (Wildman–Crippen LogP) is 12.1. The fourth-order valence-corrected chi connectivity index (χ4v) is 7.61. The van der Waals surface area contributed by atoms with Crippen molar-refractivity contribution >= 4 is 77.0 Å². The second kappa shape index (κ2) is 9.33. The maximum atomic E-state index is 2.49. The molecule has 0 N–H and O–H groups in total. The van der Waals surface area contributed by atoms with E-state index in [-0.39, 0.29) is 0 Å². The van der Waals surface area contributed by atoms with Crippen molar-refractivity contribution in [2.75, 3.05) is 4.90 Å². The van der Waals surface area contributed by atoms with Gasteiger partial charge in [-0.15, -0.1) is 0 Å². The molecule has 1 fully saturated rings. The lowest BCUT2D eigenvalue weighted by atomic mass is 9.85. The lowest BCUT2D eigenvalue weighted by Crippen LogP contribution is -2.11. The quantitative estimate of drug-likeness (QED) is 0.159. The Bertz CT molecular complexity index is 2250. The Kier molecular flexibility index (Phi) is 5.28. The second-order valence-corrected chi connectivity index (χ2v) is 12.0. The molecule has 9 rings (SSSR count). The van der Waals surface area contributed by atoms with Crippen molar-refractivity contribution in [2.24, 2.45) is 0 Å². The standard InChI is InChI=1S/C41H31N/c1-3-9-27(10-4-1)25-28-17-22-34(23-18-28)42(33-14-5-2-6-15-33)41-35-16-8-12-30-19-20-32-26-31-13-7-11-29-21-24-36(41)40(37(29)31)39(32)38(30)35/h2,5-8,11-26H,1,3-4,9-10H2. The summed E-state index contributed by atoms with van der Waals surface area (Å²) in [6, 6.07) is 45.3. The summed E-state index contributed by atoms with van der Waals surface area (Å²) < 4.78 is 0. The molecule has 0 bridgehead atoms. The van der Waals surface area contributed by atoms with Crippen LogP contribution in [0.25, 0.3) is 59.9 Å². The number of hydrogen-bond acceptors (Lipinski definition) is 1. The molecule has 0 heterocycles. The fraction of sp³-hybridized carbons (Fsp3) is 0.122. The summed E-state index contributed by atoms with van der Waals surface area (Å²) in [5.74, 6) is 0. The fourth-order valence-electron chi connectivity index (χ4n) is 7.61. The molecule has 0 amide bonds. The van der Waals surface area contributed by atoms with Crippen molar-refractivity contribution in [3.05, 3.63) is 132 Å². The molecule has 0 spiro atoms. The summed E-state index contributed by atoms with van der Waals surface area (Å²) in [4.78, 5) is 2.49. The van der Waals surface area contributed by atoms with E-state index in [1.165, 1.54) is 109 Å². The summed E-state index contributed by atoms with van der Waals surface area (Å²) in [5.41, 5.74) is 6.50. The third-order valence-electron chi connectivity index (χ3n) is 9.48. The van der Waals surface area contributed by atoms with Crippen LogP contribution in [0.1, 0.15) is 37.7 Å². The predicted molar refractivity (Wildman–Crippen MR) is 182 cm³/mol. The zero-order valence-electron chi connectivity index (χ0n) is 23.6. The van der Waals surface area contributed by atoms with Gasteiger partial charge in [0, 0.05) is 27.5 Å². The Morgan fingerprint density at radius 2 is 1.10 bits per heavy atom. The Labute approximate surface area is 246 Å². The molecule has 8 aromatic carbocycles. The normalized spacial score (nSPS) is 14.1. The van der Waals surface area contributed by atoms with E-state index >= 15 is 0 Å². The lowest BCUT2D eigenvalue weighted by molar-refractivity contribution is 0.602. The summed E-state index contributed by atoms with van der Waals surface area (Å²) in [6.07, 6.45) is 8.93. The third kappa shape index (κ3) is 3.56. The van der Waals surface area contributed by atoms with E-state index in [9.17, 15) is 0 Å². The van der Waals surface area contributed by atoms with Gasteiger partial charge in [-0.2, -0.15) is 0 Å². The van der Waals surface area contributed by atoms with E-state index in [1.807, 2.05) is 0 Å². The van der Waals surface area contributed by atoms with Crippen molar-refractivity contribution in [3.63, 3.8) is 0 Å². The molecule has 0 aromatic heterocycles. The summed E-state index contributed by atoms with van der Waals surface area (Å²) in [7, 11) is 0. The number of nitrogens with zero attached hydrogens (tertiary/aromatic N) is 1. The van der Waals surface area contributed by atoms with Crippen LogP contribution in [0.3, 0.4) is 0 Å². The molecule has 200 valence electrons. The van der Waals surface area contributed by atoms with Crippen LogP contribution in [0.2, 0.25) is 0 Å². The van der Waals surface area contributed by atoms with Gasteiger partial charge < -0.3 is 4.90 Å². The highest BCUT2D eigenvalue weighted by Crippen LogP contribution is 2.51. The number of anilines is 3. The molecule has 1 aliphatic rings. The maximum absolute atomic E-state index is 2.49. The van der Waals surface area contributed by atoms with Crippen molar-refractivity contribution in [1.82, 2.24) is 0 Å². The smallest absolute Gasteiger partial charge is 0.0619 e. The lowest BCUT2D eigenvalue weighted by Gasteiger charge is -2.30. The van der Waals surface area contributed by atoms with E-state index < -0.39 is 0 Å². The number of hydrogen-bond donors (Lipinski definition) is 0. The van der Waals surface area contributed by atoms with E-state index in [0.29, 0.717) is 0 Å². The van der Waals surface area contributed by atoms with Gasteiger partial charge in [0.15, 0.2) is 0 Å². The minimum absolute atomic E-state index is 1.17. The molecule has 0 unspecified atom stereocenters. The highest BCUT2D eigenvalue weighted by Gasteiger charge is 2.24. The molecule has 1 saturated carbocycles. The van der Waals surface area contributed by atoms with E-state index in [1.54, 1.807) is 5.57 Å². The van der Waals surface area contributed by atoms with Gasteiger partial charge in [-0.3, -0.25) is 0 Å². The molecule has 1 heteroatoms. The molecule has 0 saturated heterocycles. The Morgan fingerprint density at radius 1 is 0.452 bits per heavy atom. The average molecular weight is 538 g/mol. The molecular formula is C41H31N. The minimum atomic E-state index is 1.17. The van der Waals surface area contributed by atoms with Gasteiger partial charge in [-0.05, 0) is 99.3 Å². The van der Waals surface area contributed by atoms with Crippen LogP contribution in [0.15, 0.2) is 127 Å². The molecule has 42 heavy (non-hydrogen) atoms. The first-order chi connectivity index (χ1) is 20.8. The van der Waals surface area contributed by atoms with Crippen molar-refractivity contribution < 1.29 is 0 Å². The van der Waals surface area contributed by atoms with Gasteiger partial charge in [-0.25, -0.2) is 0 Å². The molecule has 1 nitrogen and oxygen atoms in total. The monoisotopic (exact) mass is 537 g/mol. The minimum Gasteiger partial charge on any atom is -0.309 e. The van der Waals surface area contributed by atoms with Gasteiger partial charge in [0.25, 0.3) is 0 Å². The van der Waals surface area contributed by atoms with E-state index in [0.717, 1.165) is 0 Å². The first kappa shape index (κ1) is 23.8. The first-order valence-electron chi connectivity index (χ1n) is 15.3. The van der Waals surface area contributed by atoms with Crippen LogP contribution in [-0.4, -0.2) is 0 Å². The van der Waals surface area contributed by atoms with Gasteiger partial charge in [0.1, 0.15) is 0 Å². The Morgan fingerprint density at radius 3 is 1.93 bits per heavy atom. The number of benzene rings is 8. The van der Waals surface area contributed by atoms with Crippen LogP contribution in [0, 0.1) is 0 Å². The van der Waals surface area contributed by atoms with Crippen LogP contribution in [-0.2, 0) is 0 Å². The number of allylic oxidation sites excluding steroid dienone is 1. The molecule has 0 aliphatic heterocycles. The molecular weight excluding hydrogens is 506 g/mol. The summed E-state index contributed by atoms with van der Waals surface area (Å²) in [6.45, 7) is 0. The van der Waals surface area contributed by atoms with Crippen LogP contribution >= 0.6 is 0 Å². The van der Waals surface area contributed by atoms with Crippen LogP contribution in [0.4, 0.5) is 17.1 Å². The van der Waals surface area contributed by atoms with Crippen molar-refractivity contribution in [2.45, 2.75) is 32.1 Å². The van der Waals surface area contributed by atoms with Crippen molar-refractivity contribution in [1.29, 1.82) is 0 Å². The second-order valence-electron chi connectivity index (χ2n) is 12.0. The Hall–Kier alpha value is -4.88. The van der Waals surface area contributed by atoms with Gasteiger partial charge >= 0.3 is 0 Å². The third-order valence-corrected chi connectivity index (χ3v) is 9.48. The SMILES string of the molecule is C(=C1CCCCC1)c1ccc(N(c2ccccc2)c2c3cccc4ccc5cc6cccc7ccc2c(c76)c5c43)cc1. The highest BCUT2D eigenvalue weighted by atomic mass is 15.1. The van der Waals surface area contributed by atoms with Crippen LogP contribution in [0.5, 0.6) is 0 Å². The largest absolute Gasteiger partial charge is 0.309 e. The highest BCUT2D eigenvalue weighted by molar-refractivity contribution is 6.40. The molecule has 0 radical (unpaired) electrons. The molecule has 1 aliphatic carbocycles. The average Bonchev–Trinajstić information content (AvgIpc) is 3.05. The maximum Gasteiger partial charge on any atom is 0.0619 e. The zero-order chi connectivity index (χ0) is 27.6. The number of rotatable bonds is 4. The van der Waals surface area contributed by atoms with Gasteiger partial charge in [0.2, 0.25) is 0 Å². The van der Waals surface area contributed by atoms with Gasteiger partial charge in [0.05, 0.1) is 5.69 Å². The Balaban J connectivity index is 1.37. The van der Waals surface area contributed by atoms with E-state index in [2.05, 4.69) is 132 Å². The summed E-state index contributed by atoms with van der Waals surface area (Å²) >= 11 is 0. The van der Waals surface area contributed by atoms with Crippen LogP contribution < -0.4 is 4.90 Å².